The molecule has 3 amide bonds. The molecule has 0 bridgehead atoms. The summed E-state index contributed by atoms with van der Waals surface area (Å²) in [6, 6.07) is 11.3. The van der Waals surface area contributed by atoms with Gasteiger partial charge in [-0.1, -0.05) is 25.1 Å². The second kappa shape index (κ2) is 6.83. The lowest BCUT2D eigenvalue weighted by Crippen LogP contribution is -2.33. The minimum absolute atomic E-state index is 0.0243. The average Bonchev–Trinajstić information content (AvgIpc) is 3.10. The van der Waals surface area contributed by atoms with Crippen LogP contribution >= 0.6 is 0 Å². The van der Waals surface area contributed by atoms with Crippen LogP contribution in [0.15, 0.2) is 47.7 Å². The lowest BCUT2D eigenvalue weighted by Gasteiger charge is -2.25. The topological polar surface area (TPSA) is 77.9 Å². The Balaban J connectivity index is 1.44. The fourth-order valence-electron chi connectivity index (χ4n) is 3.42. The van der Waals surface area contributed by atoms with Crippen LogP contribution in [0, 0.1) is 5.92 Å². The van der Waals surface area contributed by atoms with Gasteiger partial charge in [-0.05, 0) is 29.3 Å². The van der Waals surface area contributed by atoms with Gasteiger partial charge in [-0.2, -0.15) is 5.10 Å². The van der Waals surface area contributed by atoms with Gasteiger partial charge < -0.3 is 10.2 Å². The van der Waals surface area contributed by atoms with E-state index in [9.17, 15) is 9.59 Å². The Labute approximate surface area is 157 Å². The summed E-state index contributed by atoms with van der Waals surface area (Å²) in [5.74, 6) is 0.0981. The van der Waals surface area contributed by atoms with Crippen LogP contribution in [0.3, 0.4) is 0 Å². The number of hydrazone groups is 1. The molecule has 1 N–H and O–H groups in total. The second-order valence-corrected chi connectivity index (χ2v) is 6.98. The Hall–Kier alpha value is -3.22. The molecule has 138 valence electrons. The summed E-state index contributed by atoms with van der Waals surface area (Å²) in [6.07, 6.45) is 2.20. The van der Waals surface area contributed by atoms with Gasteiger partial charge in [-0.15, -0.1) is 0 Å². The first-order valence-electron chi connectivity index (χ1n) is 8.95. The molecule has 0 spiro atoms. The first-order chi connectivity index (χ1) is 13.0. The molecule has 7 heteroatoms. The maximum absolute atomic E-state index is 12.5. The molecular weight excluding hydrogens is 342 g/mol. The van der Waals surface area contributed by atoms with E-state index in [0.717, 1.165) is 28.2 Å². The van der Waals surface area contributed by atoms with Gasteiger partial charge in [-0.3, -0.25) is 9.78 Å². The Morgan fingerprint density at radius 2 is 1.96 bits per heavy atom. The van der Waals surface area contributed by atoms with E-state index in [-0.39, 0.29) is 17.9 Å². The zero-order valence-electron chi connectivity index (χ0n) is 15.3. The van der Waals surface area contributed by atoms with Crippen molar-refractivity contribution in [1.29, 1.82) is 0 Å². The van der Waals surface area contributed by atoms with Crippen LogP contribution < -0.4 is 5.32 Å². The van der Waals surface area contributed by atoms with Crippen LogP contribution in [-0.4, -0.2) is 39.6 Å². The first kappa shape index (κ1) is 17.2. The fourth-order valence-corrected chi connectivity index (χ4v) is 3.42. The highest BCUT2D eigenvalue weighted by molar-refractivity contribution is 6.06. The van der Waals surface area contributed by atoms with Crippen molar-refractivity contribution in [3.05, 3.63) is 59.4 Å². The molecule has 27 heavy (non-hydrogen) atoms. The number of hydrogen-bond donors (Lipinski definition) is 1. The molecule has 1 atom stereocenters. The predicted octanol–water partition coefficient (Wildman–Crippen LogP) is 2.83. The molecule has 3 heterocycles. The molecule has 4 rings (SSSR count). The smallest absolute Gasteiger partial charge is 0.314 e. The summed E-state index contributed by atoms with van der Waals surface area (Å²) in [7, 11) is 1.67. The standard InChI is InChI=1S/C20H21N5O2/c1-13-10-18(26)24(2)23-19(13)14-5-7-16(8-6-14)22-20(27)25-11-15-4-3-9-21-17(15)12-25/h3-9,13H,10-12H2,1-2H3,(H,22,27)/t13-/m0/s1. The molecule has 2 aliphatic heterocycles. The van der Waals surface area contributed by atoms with Crippen LogP contribution in [0.5, 0.6) is 0 Å². The first-order valence-corrected chi connectivity index (χ1v) is 8.95. The highest BCUT2D eigenvalue weighted by Gasteiger charge is 2.26. The van der Waals surface area contributed by atoms with E-state index >= 15 is 0 Å². The predicted molar refractivity (Wildman–Crippen MR) is 102 cm³/mol. The molecule has 0 saturated heterocycles. The number of fused-ring (bicyclic) bond motifs is 1. The van der Waals surface area contributed by atoms with Crippen molar-refractivity contribution in [3.8, 4) is 0 Å². The molecule has 2 aliphatic rings. The molecule has 2 aromatic rings. The Bertz CT molecular complexity index is 897. The number of nitrogens with zero attached hydrogens (tertiary/aromatic N) is 4. The van der Waals surface area contributed by atoms with Gasteiger partial charge in [0.1, 0.15) is 0 Å². The minimum Gasteiger partial charge on any atom is -0.314 e. The molecule has 0 unspecified atom stereocenters. The number of pyridine rings is 1. The SMILES string of the molecule is C[C@H]1CC(=O)N(C)N=C1c1ccc(NC(=O)N2Cc3cccnc3C2)cc1. The second-order valence-electron chi connectivity index (χ2n) is 6.98. The molecule has 0 aliphatic carbocycles. The average molecular weight is 363 g/mol. The van der Waals surface area contributed by atoms with Crippen molar-refractivity contribution < 1.29 is 9.59 Å². The van der Waals surface area contributed by atoms with Crippen LogP contribution in [-0.2, 0) is 17.9 Å². The molecule has 1 aromatic heterocycles. The van der Waals surface area contributed by atoms with Crippen LogP contribution in [0.25, 0.3) is 0 Å². The van der Waals surface area contributed by atoms with Crippen LogP contribution in [0.2, 0.25) is 0 Å². The molecular formula is C20H21N5O2. The van der Waals surface area contributed by atoms with Crippen molar-refractivity contribution >= 4 is 23.3 Å². The molecule has 0 saturated carbocycles. The van der Waals surface area contributed by atoms with Crippen LogP contribution in [0.4, 0.5) is 10.5 Å². The number of hydrogen-bond acceptors (Lipinski definition) is 4. The summed E-state index contributed by atoms with van der Waals surface area (Å²) >= 11 is 0. The maximum Gasteiger partial charge on any atom is 0.322 e. The third kappa shape index (κ3) is 3.40. The van der Waals surface area contributed by atoms with Crippen molar-refractivity contribution in [2.45, 2.75) is 26.4 Å². The highest BCUT2D eigenvalue weighted by Crippen LogP contribution is 2.23. The summed E-state index contributed by atoms with van der Waals surface area (Å²) in [6.45, 7) is 3.09. The van der Waals surface area contributed by atoms with E-state index in [0.29, 0.717) is 19.5 Å². The van der Waals surface area contributed by atoms with Crippen molar-refractivity contribution in [1.82, 2.24) is 14.9 Å². The monoisotopic (exact) mass is 363 g/mol. The molecule has 7 nitrogen and oxygen atoms in total. The van der Waals surface area contributed by atoms with Crippen molar-refractivity contribution in [2.75, 3.05) is 12.4 Å². The maximum atomic E-state index is 12.5. The summed E-state index contributed by atoms with van der Waals surface area (Å²) in [5, 5.41) is 8.71. The zero-order chi connectivity index (χ0) is 19.0. The van der Waals surface area contributed by atoms with E-state index in [1.165, 1.54) is 5.01 Å². The van der Waals surface area contributed by atoms with E-state index < -0.39 is 0 Å². The molecule has 1 aromatic carbocycles. The van der Waals surface area contributed by atoms with Gasteiger partial charge in [0.25, 0.3) is 0 Å². The lowest BCUT2D eigenvalue weighted by atomic mass is 9.94. The van der Waals surface area contributed by atoms with Gasteiger partial charge >= 0.3 is 6.03 Å². The summed E-state index contributed by atoms with van der Waals surface area (Å²) < 4.78 is 0. The van der Waals surface area contributed by atoms with E-state index in [1.807, 2.05) is 43.3 Å². The van der Waals surface area contributed by atoms with Gasteiger partial charge in [0.05, 0.1) is 18.0 Å². The van der Waals surface area contributed by atoms with Crippen molar-refractivity contribution in [2.24, 2.45) is 11.0 Å². The molecule has 0 fully saturated rings. The largest absolute Gasteiger partial charge is 0.322 e. The zero-order valence-corrected chi connectivity index (χ0v) is 15.3. The third-order valence-electron chi connectivity index (χ3n) is 4.97. The number of amides is 3. The van der Waals surface area contributed by atoms with Gasteiger partial charge in [0.2, 0.25) is 5.91 Å². The number of urea groups is 1. The number of nitrogens with one attached hydrogen (secondary N) is 1. The van der Waals surface area contributed by atoms with Crippen LogP contribution in [0.1, 0.15) is 30.2 Å². The Morgan fingerprint density at radius 1 is 1.19 bits per heavy atom. The van der Waals surface area contributed by atoms with Gasteiger partial charge in [0, 0.05) is 37.8 Å². The third-order valence-corrected chi connectivity index (χ3v) is 4.97. The number of rotatable bonds is 2. The normalized spacial score (nSPS) is 19.0. The number of carbonyl (C=O) groups is 2. The highest BCUT2D eigenvalue weighted by atomic mass is 16.2. The molecule has 0 radical (unpaired) electrons. The Kier molecular flexibility index (Phi) is 4.35. The summed E-state index contributed by atoms with van der Waals surface area (Å²) in [4.78, 5) is 30.3. The van der Waals surface area contributed by atoms with E-state index in [1.54, 1.807) is 18.1 Å². The quantitative estimate of drug-likeness (QED) is 0.891. The van der Waals surface area contributed by atoms with Gasteiger partial charge in [-0.25, -0.2) is 9.80 Å². The van der Waals surface area contributed by atoms with Gasteiger partial charge in [0.15, 0.2) is 0 Å². The lowest BCUT2D eigenvalue weighted by molar-refractivity contribution is -0.131. The number of carbonyl (C=O) groups excluding carboxylic acids is 2. The Morgan fingerprint density at radius 3 is 2.70 bits per heavy atom. The van der Waals surface area contributed by atoms with E-state index in [2.05, 4.69) is 15.4 Å². The van der Waals surface area contributed by atoms with E-state index in [4.69, 9.17) is 0 Å². The number of anilines is 1. The number of aromatic nitrogens is 1. The minimum atomic E-state index is -0.144. The van der Waals surface area contributed by atoms with Crippen molar-refractivity contribution in [3.63, 3.8) is 0 Å². The summed E-state index contributed by atoms with van der Waals surface area (Å²) in [5.41, 5.74) is 4.60. The fraction of sp³-hybridized carbons (Fsp3) is 0.300. The number of benzene rings is 1.